The quantitative estimate of drug-likeness (QED) is 0.817. The molecule has 21 heavy (non-hydrogen) atoms. The van der Waals surface area contributed by atoms with Crippen LogP contribution < -0.4 is 11.1 Å². The van der Waals surface area contributed by atoms with E-state index in [0.717, 1.165) is 12.1 Å². The molecule has 4 nitrogen and oxygen atoms in total. The molecule has 0 spiro atoms. The van der Waals surface area contributed by atoms with Crippen LogP contribution in [0.4, 0.5) is 11.4 Å². The number of hydrogen-bond donors (Lipinski definition) is 2. The van der Waals surface area contributed by atoms with Crippen LogP contribution in [0.15, 0.2) is 23.1 Å². The maximum absolute atomic E-state index is 11.5. The highest BCUT2D eigenvalue weighted by Gasteiger charge is 2.22. The van der Waals surface area contributed by atoms with Gasteiger partial charge in [0.2, 0.25) is 0 Å². The molecule has 0 amide bonds. The highest BCUT2D eigenvalue weighted by molar-refractivity contribution is 7.90. The number of hydrogen-bond acceptors (Lipinski definition) is 4. The molecule has 1 fully saturated rings. The normalized spacial score (nSPS) is 18.4. The van der Waals surface area contributed by atoms with Crippen molar-refractivity contribution in [1.82, 2.24) is 0 Å². The van der Waals surface area contributed by atoms with Crippen LogP contribution >= 0.6 is 0 Å². The van der Waals surface area contributed by atoms with Crippen LogP contribution in [0, 0.1) is 5.92 Å². The summed E-state index contributed by atoms with van der Waals surface area (Å²) >= 11 is 0. The minimum absolute atomic E-state index is 0.274. The largest absolute Gasteiger partial charge is 0.397 e. The van der Waals surface area contributed by atoms with E-state index in [1.807, 2.05) is 0 Å². The van der Waals surface area contributed by atoms with E-state index in [1.54, 1.807) is 18.2 Å². The molecule has 1 unspecified atom stereocenters. The molecule has 5 heteroatoms. The molecular formula is C16H26N2O2S. The third-order valence-corrected chi connectivity index (χ3v) is 5.56. The van der Waals surface area contributed by atoms with Crippen LogP contribution in [0.2, 0.25) is 0 Å². The summed E-state index contributed by atoms with van der Waals surface area (Å²) in [7, 11) is -3.20. The zero-order valence-electron chi connectivity index (χ0n) is 12.9. The number of nitrogens with two attached hydrogens (primary N) is 1. The van der Waals surface area contributed by atoms with Crippen molar-refractivity contribution in [2.45, 2.75) is 56.4 Å². The van der Waals surface area contributed by atoms with E-state index in [-0.39, 0.29) is 4.90 Å². The summed E-state index contributed by atoms with van der Waals surface area (Å²) in [5.74, 6) is 0.692. The Bertz CT molecular complexity index is 578. The Labute approximate surface area is 128 Å². The third kappa shape index (κ3) is 4.13. The van der Waals surface area contributed by atoms with Crippen molar-refractivity contribution >= 4 is 21.2 Å². The van der Waals surface area contributed by atoms with Gasteiger partial charge >= 0.3 is 0 Å². The number of benzene rings is 1. The van der Waals surface area contributed by atoms with E-state index in [2.05, 4.69) is 12.2 Å². The lowest BCUT2D eigenvalue weighted by atomic mass is 9.83. The summed E-state index contributed by atoms with van der Waals surface area (Å²) in [4.78, 5) is 0.274. The molecule has 3 N–H and O–H groups in total. The Balaban J connectivity index is 2.14. The van der Waals surface area contributed by atoms with Crippen LogP contribution in [-0.4, -0.2) is 20.7 Å². The van der Waals surface area contributed by atoms with E-state index in [4.69, 9.17) is 5.73 Å². The Kier molecular flexibility index (Phi) is 5.14. The number of anilines is 2. The SMILES string of the molecule is CCC(Nc1ccc(S(C)(=O)=O)cc1N)C1CCCCC1. The van der Waals surface area contributed by atoms with Gasteiger partial charge < -0.3 is 11.1 Å². The summed E-state index contributed by atoms with van der Waals surface area (Å²) in [6.45, 7) is 2.19. The maximum Gasteiger partial charge on any atom is 0.175 e. The van der Waals surface area contributed by atoms with E-state index in [1.165, 1.54) is 38.4 Å². The lowest BCUT2D eigenvalue weighted by Crippen LogP contribution is -2.30. The van der Waals surface area contributed by atoms with Crippen molar-refractivity contribution in [3.63, 3.8) is 0 Å². The summed E-state index contributed by atoms with van der Waals surface area (Å²) < 4.78 is 23.1. The van der Waals surface area contributed by atoms with Gasteiger partial charge in [0, 0.05) is 12.3 Å². The Morgan fingerprint density at radius 2 is 1.95 bits per heavy atom. The summed E-state index contributed by atoms with van der Waals surface area (Å²) in [6.07, 6.45) is 8.76. The van der Waals surface area contributed by atoms with Gasteiger partial charge in [-0.15, -0.1) is 0 Å². The predicted octanol–water partition coefficient (Wildman–Crippen LogP) is 3.44. The van der Waals surface area contributed by atoms with Gasteiger partial charge in [-0.3, -0.25) is 0 Å². The molecule has 1 aliphatic rings. The molecule has 0 heterocycles. The van der Waals surface area contributed by atoms with Crippen molar-refractivity contribution in [3.8, 4) is 0 Å². The second kappa shape index (κ2) is 6.69. The molecule has 0 bridgehead atoms. The van der Waals surface area contributed by atoms with Gasteiger partial charge in [-0.25, -0.2) is 8.42 Å². The first-order valence-corrected chi connectivity index (χ1v) is 9.67. The molecule has 1 saturated carbocycles. The van der Waals surface area contributed by atoms with Crippen molar-refractivity contribution < 1.29 is 8.42 Å². The monoisotopic (exact) mass is 310 g/mol. The van der Waals surface area contributed by atoms with Gasteiger partial charge in [0.25, 0.3) is 0 Å². The van der Waals surface area contributed by atoms with Gasteiger partial charge in [0.15, 0.2) is 9.84 Å². The molecule has 0 saturated heterocycles. The zero-order chi connectivity index (χ0) is 15.5. The third-order valence-electron chi connectivity index (χ3n) is 4.45. The topological polar surface area (TPSA) is 72.2 Å². The molecule has 1 aliphatic carbocycles. The van der Waals surface area contributed by atoms with Crippen LogP contribution in [0.5, 0.6) is 0 Å². The Morgan fingerprint density at radius 3 is 2.48 bits per heavy atom. The van der Waals surface area contributed by atoms with Crippen LogP contribution in [-0.2, 0) is 9.84 Å². The fourth-order valence-corrected chi connectivity index (χ4v) is 3.85. The molecule has 1 aromatic rings. The molecular weight excluding hydrogens is 284 g/mol. The molecule has 118 valence electrons. The highest BCUT2D eigenvalue weighted by Crippen LogP contribution is 2.31. The first-order chi connectivity index (χ1) is 9.91. The molecule has 1 atom stereocenters. The van der Waals surface area contributed by atoms with E-state index >= 15 is 0 Å². The summed E-state index contributed by atoms with van der Waals surface area (Å²) in [5.41, 5.74) is 7.38. The fourth-order valence-electron chi connectivity index (χ4n) is 3.19. The van der Waals surface area contributed by atoms with Crippen molar-refractivity contribution in [2.75, 3.05) is 17.3 Å². The van der Waals surface area contributed by atoms with E-state index < -0.39 is 9.84 Å². The molecule has 1 aromatic carbocycles. The molecule has 0 radical (unpaired) electrons. The summed E-state index contributed by atoms with van der Waals surface area (Å²) in [5, 5.41) is 3.53. The standard InChI is InChI=1S/C16H26N2O2S/c1-3-15(12-7-5-4-6-8-12)18-16-10-9-13(11-14(16)17)21(2,19)20/h9-12,15,18H,3-8,17H2,1-2H3. The highest BCUT2D eigenvalue weighted by atomic mass is 32.2. The number of nitrogens with one attached hydrogen (secondary N) is 1. The Hall–Kier alpha value is -1.23. The van der Waals surface area contributed by atoms with Gasteiger partial charge in [0.1, 0.15) is 0 Å². The van der Waals surface area contributed by atoms with E-state index in [0.29, 0.717) is 17.6 Å². The fraction of sp³-hybridized carbons (Fsp3) is 0.625. The summed E-state index contributed by atoms with van der Waals surface area (Å²) in [6, 6.07) is 5.38. The molecule has 2 rings (SSSR count). The smallest absolute Gasteiger partial charge is 0.175 e. The maximum atomic E-state index is 11.5. The van der Waals surface area contributed by atoms with Gasteiger partial charge in [-0.05, 0) is 43.4 Å². The average molecular weight is 310 g/mol. The minimum Gasteiger partial charge on any atom is -0.397 e. The minimum atomic E-state index is -3.20. The first kappa shape index (κ1) is 16.1. The van der Waals surface area contributed by atoms with Crippen LogP contribution in [0.1, 0.15) is 45.4 Å². The van der Waals surface area contributed by atoms with Crippen LogP contribution in [0.25, 0.3) is 0 Å². The van der Waals surface area contributed by atoms with E-state index in [9.17, 15) is 8.42 Å². The van der Waals surface area contributed by atoms with Gasteiger partial charge in [-0.2, -0.15) is 0 Å². The van der Waals surface area contributed by atoms with Crippen LogP contribution in [0.3, 0.4) is 0 Å². The lowest BCUT2D eigenvalue weighted by Gasteiger charge is -2.31. The first-order valence-electron chi connectivity index (χ1n) is 7.78. The van der Waals surface area contributed by atoms with Gasteiger partial charge in [0.05, 0.1) is 16.3 Å². The average Bonchev–Trinajstić information content (AvgIpc) is 2.46. The molecule has 0 aromatic heterocycles. The second-order valence-corrected chi connectivity index (χ2v) is 8.09. The van der Waals surface area contributed by atoms with Gasteiger partial charge in [-0.1, -0.05) is 26.2 Å². The Morgan fingerprint density at radius 1 is 1.29 bits per heavy atom. The number of nitrogen functional groups attached to an aromatic ring is 1. The van der Waals surface area contributed by atoms with Crippen molar-refractivity contribution in [3.05, 3.63) is 18.2 Å². The number of rotatable bonds is 5. The number of sulfone groups is 1. The zero-order valence-corrected chi connectivity index (χ0v) is 13.7. The lowest BCUT2D eigenvalue weighted by molar-refractivity contribution is 0.313. The van der Waals surface area contributed by atoms with Crippen molar-refractivity contribution in [1.29, 1.82) is 0 Å². The second-order valence-electron chi connectivity index (χ2n) is 6.08. The van der Waals surface area contributed by atoms with Crippen molar-refractivity contribution in [2.24, 2.45) is 5.92 Å². The molecule has 0 aliphatic heterocycles. The predicted molar refractivity (Wildman–Crippen MR) is 88.2 cm³/mol.